The number of rotatable bonds is 13. The molecule has 2 unspecified atom stereocenters. The van der Waals surface area contributed by atoms with E-state index in [9.17, 15) is 24.3 Å². The van der Waals surface area contributed by atoms with Crippen molar-refractivity contribution in [2.75, 3.05) is 57.4 Å². The van der Waals surface area contributed by atoms with Crippen LogP contribution < -0.4 is 30.7 Å². The van der Waals surface area contributed by atoms with Crippen molar-refractivity contribution in [3.63, 3.8) is 0 Å². The summed E-state index contributed by atoms with van der Waals surface area (Å²) in [5.74, 6) is -5.31. The Hall–Kier alpha value is -6.28. The number of piperidine rings is 2. The highest BCUT2D eigenvalue weighted by Gasteiger charge is 2.52. The fourth-order valence-corrected chi connectivity index (χ4v) is 13.9. The number of carbonyl (C=O) groups is 4. The Morgan fingerprint density at radius 3 is 2.30 bits per heavy atom. The topological polar surface area (TPSA) is 185 Å². The lowest BCUT2D eigenvalue weighted by molar-refractivity contribution is -0.141. The van der Waals surface area contributed by atoms with E-state index in [-0.39, 0.29) is 106 Å². The zero-order chi connectivity index (χ0) is 54.1. The first-order valence-electron chi connectivity index (χ1n) is 26.9. The fraction of sp³-hybridized carbons (Fsp3) is 0.491. The molecular formula is C57H63ClF4N8O7. The second kappa shape index (κ2) is 20.8. The molecule has 11 rings (SSSR count). The van der Waals surface area contributed by atoms with Gasteiger partial charge in [0.05, 0.1) is 22.6 Å². The van der Waals surface area contributed by atoms with Gasteiger partial charge in [0, 0.05) is 91.9 Å². The number of urea groups is 1. The molecule has 5 N–H and O–H groups in total. The third-order valence-electron chi connectivity index (χ3n) is 17.9. The molecule has 0 bridgehead atoms. The minimum Gasteiger partial charge on any atom is -0.488 e. The second-order valence-corrected chi connectivity index (χ2v) is 22.5. The molecule has 2 aliphatic carbocycles. The molecule has 20 heteroatoms. The number of imide groups is 1. The number of primary amides is 1. The number of anilines is 1. The number of nitrogens with one attached hydrogen (secondary N) is 2. The van der Waals surface area contributed by atoms with Gasteiger partial charge in [-0.1, -0.05) is 48.9 Å². The van der Waals surface area contributed by atoms with Crippen LogP contribution in [0.2, 0.25) is 5.02 Å². The summed E-state index contributed by atoms with van der Waals surface area (Å²) >= 11 is 6.73. The number of amides is 5. The van der Waals surface area contributed by atoms with Gasteiger partial charge in [0.25, 0.3) is 0 Å². The Labute approximate surface area is 448 Å². The van der Waals surface area contributed by atoms with Crippen molar-refractivity contribution < 1.29 is 51.3 Å². The molecule has 4 aromatic carbocycles. The number of nitrogens with two attached hydrogens (primary N) is 1. The summed E-state index contributed by atoms with van der Waals surface area (Å²) in [6.45, 7) is 4.52. The van der Waals surface area contributed by atoms with E-state index in [2.05, 4.69) is 20.6 Å². The van der Waals surface area contributed by atoms with E-state index in [1.807, 2.05) is 42.2 Å². The van der Waals surface area contributed by atoms with E-state index in [1.54, 1.807) is 7.05 Å². The molecule has 5 fully saturated rings. The Kier molecular flexibility index (Phi) is 14.3. The van der Waals surface area contributed by atoms with Crippen molar-refractivity contribution >= 4 is 52.1 Å². The molecule has 5 amide bonds. The highest BCUT2D eigenvalue weighted by Crippen LogP contribution is 2.57. The molecule has 6 aliphatic rings. The number of aliphatic hydroxyl groups is 1. The molecule has 77 heavy (non-hydrogen) atoms. The average molecular weight is 1080 g/mol. The summed E-state index contributed by atoms with van der Waals surface area (Å²) in [4.78, 5) is 56.9. The van der Waals surface area contributed by atoms with Crippen molar-refractivity contribution in [1.82, 2.24) is 30.2 Å². The number of aryl methyl sites for hydroxylation is 1. The molecule has 0 radical (unpaired) electrons. The SMILES string of the molecule is CC1c2c(cc(F)c(Cl)c2-c2c(C(N)=O)ccc(OCCO)c2F)OC1(CNC1CCC(C(=O)N2CCC3(CC2)CC(N2CCC(c4c(F)cc5c(N6CCC(=O)NC6=O)nn(C)c5c4F)CC2)C3)CC1)c1ccccc1. The van der Waals surface area contributed by atoms with Crippen LogP contribution in [0.1, 0.15) is 116 Å². The number of ether oxygens (including phenoxy) is 2. The van der Waals surface area contributed by atoms with Crippen molar-refractivity contribution in [3.8, 4) is 22.6 Å². The maximum absolute atomic E-state index is 16.5. The molecule has 2 saturated carbocycles. The molecule has 4 aliphatic heterocycles. The van der Waals surface area contributed by atoms with E-state index in [0.29, 0.717) is 37.3 Å². The summed E-state index contributed by atoms with van der Waals surface area (Å²) in [5.41, 5.74) is 5.58. The van der Waals surface area contributed by atoms with Gasteiger partial charge in [0.15, 0.2) is 28.8 Å². The first-order valence-corrected chi connectivity index (χ1v) is 27.2. The molecule has 2 atom stereocenters. The van der Waals surface area contributed by atoms with Gasteiger partial charge in [0.1, 0.15) is 29.5 Å². The number of carbonyl (C=O) groups excluding carboxylic acids is 4. The Balaban J connectivity index is 0.688. The zero-order valence-electron chi connectivity index (χ0n) is 43.1. The number of aliphatic hydroxyl groups excluding tert-OH is 1. The van der Waals surface area contributed by atoms with Crippen molar-refractivity contribution in [2.24, 2.45) is 24.1 Å². The fourth-order valence-electron chi connectivity index (χ4n) is 13.6. The molecule has 15 nitrogen and oxygen atoms in total. The van der Waals surface area contributed by atoms with E-state index in [1.165, 1.54) is 33.8 Å². The Morgan fingerprint density at radius 2 is 1.62 bits per heavy atom. The number of hydrogen-bond donors (Lipinski definition) is 4. The predicted molar refractivity (Wildman–Crippen MR) is 280 cm³/mol. The van der Waals surface area contributed by atoms with Crippen LogP contribution in [0, 0.1) is 34.6 Å². The third-order valence-corrected chi connectivity index (χ3v) is 18.3. The summed E-state index contributed by atoms with van der Waals surface area (Å²) in [6.07, 6.45) is 8.18. The summed E-state index contributed by atoms with van der Waals surface area (Å²) in [6, 6.07) is 14.2. The van der Waals surface area contributed by atoms with Gasteiger partial charge in [0.2, 0.25) is 17.7 Å². The van der Waals surface area contributed by atoms with Crippen LogP contribution in [-0.4, -0.2) is 113 Å². The molecule has 1 aromatic heterocycles. The molecular weight excluding hydrogens is 1020 g/mol. The summed E-state index contributed by atoms with van der Waals surface area (Å²) in [7, 11) is 1.57. The Bertz CT molecular complexity index is 3150. The lowest BCUT2D eigenvalue weighted by Gasteiger charge is -2.56. The summed E-state index contributed by atoms with van der Waals surface area (Å²) < 4.78 is 78.2. The first-order chi connectivity index (χ1) is 37.0. The van der Waals surface area contributed by atoms with Gasteiger partial charge in [-0.05, 0) is 112 Å². The van der Waals surface area contributed by atoms with E-state index in [4.69, 9.17) is 26.8 Å². The van der Waals surface area contributed by atoms with E-state index in [0.717, 1.165) is 70.3 Å². The average Bonchev–Trinajstić information content (AvgIpc) is 4.01. The minimum absolute atomic E-state index is 0.0426. The van der Waals surface area contributed by atoms with Crippen molar-refractivity contribution in [2.45, 2.75) is 107 Å². The van der Waals surface area contributed by atoms with Crippen molar-refractivity contribution in [1.29, 1.82) is 0 Å². The third kappa shape index (κ3) is 9.37. The van der Waals surface area contributed by atoms with Crippen LogP contribution in [0.4, 0.5) is 28.2 Å². The van der Waals surface area contributed by atoms with Crippen LogP contribution in [-0.2, 0) is 22.2 Å². The number of aromatic nitrogens is 2. The predicted octanol–water partition coefficient (Wildman–Crippen LogP) is 8.56. The normalized spacial score (nSPS) is 24.0. The lowest BCUT2D eigenvalue weighted by Crippen LogP contribution is -2.57. The number of nitrogens with zero attached hydrogens (tertiary/aromatic N) is 5. The maximum Gasteiger partial charge on any atom is 0.329 e. The van der Waals surface area contributed by atoms with Crippen LogP contribution >= 0.6 is 11.6 Å². The van der Waals surface area contributed by atoms with Gasteiger partial charge in [-0.25, -0.2) is 22.4 Å². The van der Waals surface area contributed by atoms with Crippen LogP contribution in [0.3, 0.4) is 0 Å². The zero-order valence-corrected chi connectivity index (χ0v) is 43.9. The molecule has 5 heterocycles. The number of likely N-dealkylation sites (tertiary alicyclic amines) is 2. The second-order valence-electron chi connectivity index (χ2n) is 22.1. The minimum atomic E-state index is -1.13. The quantitative estimate of drug-likeness (QED) is 0.0834. The maximum atomic E-state index is 16.5. The van der Waals surface area contributed by atoms with Crippen LogP contribution in [0.15, 0.2) is 54.6 Å². The highest BCUT2D eigenvalue weighted by molar-refractivity contribution is 6.34. The molecule has 3 saturated heterocycles. The monoisotopic (exact) mass is 1080 g/mol. The van der Waals surface area contributed by atoms with Gasteiger partial charge in [-0.3, -0.25) is 29.3 Å². The Morgan fingerprint density at radius 1 is 0.909 bits per heavy atom. The molecule has 5 aromatic rings. The lowest BCUT2D eigenvalue weighted by atomic mass is 9.59. The molecule has 1 spiro atoms. The highest BCUT2D eigenvalue weighted by atomic mass is 35.5. The number of fused-ring (bicyclic) bond motifs is 2. The molecule has 408 valence electrons. The number of halogens is 5. The summed E-state index contributed by atoms with van der Waals surface area (Å²) in [5, 5.41) is 19.5. The van der Waals surface area contributed by atoms with Crippen LogP contribution in [0.25, 0.3) is 22.0 Å². The van der Waals surface area contributed by atoms with Gasteiger partial charge >= 0.3 is 6.03 Å². The number of hydrogen-bond acceptors (Lipinski definition) is 10. The van der Waals surface area contributed by atoms with Gasteiger partial charge < -0.3 is 35.4 Å². The number of benzene rings is 4. The first kappa shape index (κ1) is 52.8. The van der Waals surface area contributed by atoms with E-state index < -0.39 is 64.3 Å². The van der Waals surface area contributed by atoms with Crippen LogP contribution in [0.5, 0.6) is 11.5 Å². The van der Waals surface area contributed by atoms with Gasteiger partial charge in [-0.2, -0.15) is 5.10 Å². The largest absolute Gasteiger partial charge is 0.488 e. The van der Waals surface area contributed by atoms with E-state index >= 15 is 17.6 Å². The van der Waals surface area contributed by atoms with Gasteiger partial charge in [-0.15, -0.1) is 0 Å². The standard InChI is InChI=1S/C57H63ClF4N8O7/c1-31-44-42(27-40(60)48(58)47(44)46-37(52(63)73)12-13-41(49(46)61)76-25-24-71)77-57(31,34-6-4-3-5-7-34)30-64-35-10-8-33(9-11-35)54(74)69-22-17-56(18-23-69)28-36(29-56)68-19-14-32(15-20-68)45-39(59)26-38-51(50(45)62)67(2)66-53(38)70-21-16-43(72)65-55(70)75/h3-7,12-13,26-27,31-33,35-36,64,71H,8-11,14-25,28-30H2,1-2H3,(H2,63,73)(H,65,72,75). The van der Waals surface area contributed by atoms with Crippen molar-refractivity contribution in [3.05, 3.63) is 105 Å². The smallest absolute Gasteiger partial charge is 0.329 e.